The summed E-state index contributed by atoms with van der Waals surface area (Å²) in [5.74, 6) is -1.40. The summed E-state index contributed by atoms with van der Waals surface area (Å²) >= 11 is 0. The summed E-state index contributed by atoms with van der Waals surface area (Å²) in [5.41, 5.74) is -0.0966. The molecule has 18 heavy (non-hydrogen) atoms. The highest BCUT2D eigenvalue weighted by atomic mass is 19.2. The van der Waals surface area contributed by atoms with Crippen LogP contribution in [0, 0.1) is 28.9 Å². The van der Waals surface area contributed by atoms with Crippen LogP contribution in [0.1, 0.15) is 38.2 Å². The minimum atomic E-state index is -1.06. The molecule has 0 amide bonds. The molecule has 1 aliphatic rings. The van der Waals surface area contributed by atoms with Gasteiger partial charge in [-0.3, -0.25) is 0 Å². The summed E-state index contributed by atoms with van der Waals surface area (Å²) in [6.07, 6.45) is 4.26. The standard InChI is InChI=1S/C14H16F2N2/c1-9-3-2-4-11(7-9)18-12-6-5-10(8-17)13(15)14(12)16/h5-6,9,11,18H,2-4,7H2,1H3. The Kier molecular flexibility index (Phi) is 3.81. The van der Waals surface area contributed by atoms with E-state index in [0.29, 0.717) is 5.92 Å². The van der Waals surface area contributed by atoms with Gasteiger partial charge in [0.2, 0.25) is 0 Å². The largest absolute Gasteiger partial charge is 0.380 e. The molecule has 4 heteroatoms. The molecule has 0 saturated heterocycles. The van der Waals surface area contributed by atoms with Crippen LogP contribution < -0.4 is 5.32 Å². The molecule has 1 N–H and O–H groups in total. The van der Waals surface area contributed by atoms with E-state index in [1.165, 1.54) is 18.6 Å². The maximum atomic E-state index is 13.7. The third-order valence-corrected chi connectivity index (χ3v) is 3.50. The van der Waals surface area contributed by atoms with Gasteiger partial charge in [-0.15, -0.1) is 0 Å². The van der Waals surface area contributed by atoms with Gasteiger partial charge in [-0.25, -0.2) is 8.78 Å². The first-order valence-corrected chi connectivity index (χ1v) is 6.26. The third-order valence-electron chi connectivity index (χ3n) is 3.50. The molecule has 0 aromatic heterocycles. The molecule has 1 saturated carbocycles. The van der Waals surface area contributed by atoms with Gasteiger partial charge >= 0.3 is 0 Å². The lowest BCUT2D eigenvalue weighted by atomic mass is 9.87. The molecule has 0 heterocycles. The fourth-order valence-electron chi connectivity index (χ4n) is 2.53. The first-order valence-electron chi connectivity index (χ1n) is 6.26. The summed E-state index contributed by atoms with van der Waals surface area (Å²) in [6.45, 7) is 2.17. The normalized spacial score (nSPS) is 23.4. The summed E-state index contributed by atoms with van der Waals surface area (Å²) in [5, 5.41) is 11.7. The number of anilines is 1. The van der Waals surface area contributed by atoms with Gasteiger partial charge in [-0.1, -0.05) is 19.8 Å². The SMILES string of the molecule is CC1CCCC(Nc2ccc(C#N)c(F)c2F)C1. The second kappa shape index (κ2) is 5.34. The van der Waals surface area contributed by atoms with Crippen LogP contribution in [-0.2, 0) is 0 Å². The lowest BCUT2D eigenvalue weighted by Crippen LogP contribution is -2.26. The van der Waals surface area contributed by atoms with Gasteiger partial charge in [0, 0.05) is 6.04 Å². The Hall–Kier alpha value is -1.63. The van der Waals surface area contributed by atoms with E-state index in [4.69, 9.17) is 5.26 Å². The topological polar surface area (TPSA) is 35.8 Å². The van der Waals surface area contributed by atoms with Crippen LogP contribution in [0.25, 0.3) is 0 Å². The van der Waals surface area contributed by atoms with Crippen LogP contribution in [0.2, 0.25) is 0 Å². The van der Waals surface area contributed by atoms with Crippen molar-refractivity contribution in [3.05, 3.63) is 29.3 Å². The molecular formula is C14H16F2N2. The number of nitrogens with one attached hydrogen (secondary N) is 1. The Bertz CT molecular complexity index is 479. The van der Waals surface area contributed by atoms with Crippen LogP contribution in [0.3, 0.4) is 0 Å². The number of hydrogen-bond acceptors (Lipinski definition) is 2. The zero-order valence-corrected chi connectivity index (χ0v) is 10.3. The Morgan fingerprint density at radius 3 is 2.72 bits per heavy atom. The van der Waals surface area contributed by atoms with Crippen molar-refractivity contribution in [2.75, 3.05) is 5.32 Å². The molecule has 2 unspecified atom stereocenters. The average Bonchev–Trinajstić information content (AvgIpc) is 2.35. The van der Waals surface area contributed by atoms with Gasteiger partial charge in [0.15, 0.2) is 11.6 Å². The molecule has 0 radical (unpaired) electrons. The predicted octanol–water partition coefficient (Wildman–Crippen LogP) is 3.83. The molecule has 96 valence electrons. The summed E-state index contributed by atoms with van der Waals surface area (Å²) in [4.78, 5) is 0. The number of hydrogen-bond donors (Lipinski definition) is 1. The zero-order chi connectivity index (χ0) is 13.1. The lowest BCUT2D eigenvalue weighted by Gasteiger charge is -2.28. The van der Waals surface area contributed by atoms with Crippen molar-refractivity contribution in [1.82, 2.24) is 0 Å². The molecule has 0 bridgehead atoms. The maximum Gasteiger partial charge on any atom is 0.183 e. The van der Waals surface area contributed by atoms with E-state index in [9.17, 15) is 8.78 Å². The van der Waals surface area contributed by atoms with Crippen LogP contribution in [0.5, 0.6) is 0 Å². The lowest BCUT2D eigenvalue weighted by molar-refractivity contribution is 0.357. The van der Waals surface area contributed by atoms with Crippen molar-refractivity contribution in [2.45, 2.75) is 38.6 Å². The highest BCUT2D eigenvalue weighted by Crippen LogP contribution is 2.28. The van der Waals surface area contributed by atoms with Crippen molar-refractivity contribution in [2.24, 2.45) is 5.92 Å². The van der Waals surface area contributed by atoms with Gasteiger partial charge in [0.05, 0.1) is 11.3 Å². The minimum Gasteiger partial charge on any atom is -0.380 e. The van der Waals surface area contributed by atoms with Gasteiger partial charge < -0.3 is 5.32 Å². The van der Waals surface area contributed by atoms with E-state index in [-0.39, 0.29) is 17.3 Å². The number of benzene rings is 1. The highest BCUT2D eigenvalue weighted by molar-refractivity contribution is 5.50. The Balaban J connectivity index is 2.15. The maximum absolute atomic E-state index is 13.7. The van der Waals surface area contributed by atoms with E-state index in [1.807, 2.05) is 0 Å². The Morgan fingerprint density at radius 2 is 2.06 bits per heavy atom. The molecule has 0 aliphatic heterocycles. The molecule has 1 aromatic carbocycles. The number of rotatable bonds is 2. The summed E-state index contributed by atoms with van der Waals surface area (Å²) in [6, 6.07) is 4.57. The molecule has 2 nitrogen and oxygen atoms in total. The van der Waals surface area contributed by atoms with Gasteiger partial charge in [0.25, 0.3) is 0 Å². The van der Waals surface area contributed by atoms with E-state index in [1.54, 1.807) is 6.07 Å². The van der Waals surface area contributed by atoms with Crippen LogP contribution >= 0.6 is 0 Å². The monoisotopic (exact) mass is 250 g/mol. The first kappa shape index (κ1) is 12.8. The molecule has 1 aromatic rings. The van der Waals surface area contributed by atoms with Crippen LogP contribution in [-0.4, -0.2) is 6.04 Å². The van der Waals surface area contributed by atoms with Crippen molar-refractivity contribution in [1.29, 1.82) is 5.26 Å². The van der Waals surface area contributed by atoms with E-state index < -0.39 is 11.6 Å². The van der Waals surface area contributed by atoms with Crippen LogP contribution in [0.15, 0.2) is 12.1 Å². The fourth-order valence-corrected chi connectivity index (χ4v) is 2.53. The molecule has 2 atom stereocenters. The smallest absolute Gasteiger partial charge is 0.183 e. The predicted molar refractivity (Wildman–Crippen MR) is 66.1 cm³/mol. The zero-order valence-electron chi connectivity index (χ0n) is 10.3. The first-order chi connectivity index (χ1) is 8.61. The molecule has 0 spiro atoms. The molecule has 1 fully saturated rings. The van der Waals surface area contributed by atoms with Crippen LogP contribution in [0.4, 0.5) is 14.5 Å². The highest BCUT2D eigenvalue weighted by Gasteiger charge is 2.21. The molecule has 1 aliphatic carbocycles. The van der Waals surface area contributed by atoms with Crippen molar-refractivity contribution >= 4 is 5.69 Å². The summed E-state index contributed by atoms with van der Waals surface area (Å²) in [7, 11) is 0. The van der Waals surface area contributed by atoms with E-state index in [0.717, 1.165) is 19.3 Å². The second-order valence-electron chi connectivity index (χ2n) is 5.01. The average molecular weight is 250 g/mol. The number of nitrogens with zero attached hydrogens (tertiary/aromatic N) is 1. The quantitative estimate of drug-likeness (QED) is 0.866. The van der Waals surface area contributed by atoms with E-state index >= 15 is 0 Å². The molecule has 2 rings (SSSR count). The Labute approximate surface area is 106 Å². The van der Waals surface area contributed by atoms with Gasteiger partial charge in [-0.2, -0.15) is 5.26 Å². The number of halogens is 2. The molecular weight excluding hydrogens is 234 g/mol. The number of nitriles is 1. The second-order valence-corrected chi connectivity index (χ2v) is 5.01. The fraction of sp³-hybridized carbons (Fsp3) is 0.500. The van der Waals surface area contributed by atoms with Gasteiger partial charge in [0.1, 0.15) is 6.07 Å². The van der Waals surface area contributed by atoms with Gasteiger partial charge in [-0.05, 0) is 30.9 Å². The summed E-state index contributed by atoms with van der Waals surface area (Å²) < 4.78 is 27.2. The van der Waals surface area contributed by atoms with Crippen molar-refractivity contribution in [3.8, 4) is 6.07 Å². The van der Waals surface area contributed by atoms with Crippen molar-refractivity contribution < 1.29 is 8.78 Å². The third kappa shape index (κ3) is 2.61. The Morgan fingerprint density at radius 1 is 1.28 bits per heavy atom. The van der Waals surface area contributed by atoms with Crippen molar-refractivity contribution in [3.63, 3.8) is 0 Å². The minimum absolute atomic E-state index is 0.158. The van der Waals surface area contributed by atoms with E-state index in [2.05, 4.69) is 12.2 Å².